The summed E-state index contributed by atoms with van der Waals surface area (Å²) >= 11 is 0. The molecule has 0 aromatic rings. The highest BCUT2D eigenvalue weighted by Crippen LogP contribution is 2.68. The molecule has 0 bridgehead atoms. The number of hydrogen-bond donors (Lipinski definition) is 1. The fourth-order valence-corrected chi connectivity index (χ4v) is 8.13. The van der Waals surface area contributed by atoms with Crippen LogP contribution >= 0.6 is 0 Å². The molecule has 1 N–H and O–H groups in total. The summed E-state index contributed by atoms with van der Waals surface area (Å²) in [6, 6.07) is 0. The lowest BCUT2D eigenvalue weighted by molar-refractivity contribution is -0.166. The summed E-state index contributed by atoms with van der Waals surface area (Å²) in [5.41, 5.74) is 2.16. The van der Waals surface area contributed by atoms with Crippen molar-refractivity contribution in [2.45, 2.75) is 70.8 Å². The number of nitrogens with zero attached hydrogens (tertiary/aromatic N) is 1. The van der Waals surface area contributed by atoms with E-state index in [2.05, 4.69) is 31.2 Å². The minimum absolute atomic E-state index is 0.124. The van der Waals surface area contributed by atoms with E-state index in [0.717, 1.165) is 49.7 Å². The molecule has 0 saturated heterocycles. The fourth-order valence-electron chi connectivity index (χ4n) is 8.13. The number of ether oxygens (including phenoxy) is 1. The quantitative estimate of drug-likeness (QED) is 0.407. The maximum atomic E-state index is 12.0. The van der Waals surface area contributed by atoms with Crippen LogP contribution in [0.2, 0.25) is 0 Å². The van der Waals surface area contributed by atoms with E-state index < -0.39 is 0 Å². The zero-order valence-corrected chi connectivity index (χ0v) is 16.5. The predicted molar refractivity (Wildman–Crippen MR) is 103 cm³/mol. The van der Waals surface area contributed by atoms with Gasteiger partial charge < -0.3 is 9.94 Å². The molecule has 4 unspecified atom stereocenters. The Morgan fingerprint density at radius 1 is 1.30 bits per heavy atom. The molecule has 3 saturated carbocycles. The van der Waals surface area contributed by atoms with Crippen molar-refractivity contribution in [1.29, 1.82) is 0 Å². The fraction of sp³-hybridized carbons (Fsp3) is 0.739. The Hall–Kier alpha value is -1.58. The molecule has 4 aliphatic carbocycles. The Kier molecular flexibility index (Phi) is 3.86. The highest BCUT2D eigenvalue weighted by atomic mass is 16.6. The monoisotopic (exact) mass is 369 g/mol. The summed E-state index contributed by atoms with van der Waals surface area (Å²) in [5.74, 6) is 3.27. The van der Waals surface area contributed by atoms with Crippen molar-refractivity contribution < 1.29 is 14.7 Å². The van der Waals surface area contributed by atoms with Gasteiger partial charge >= 0.3 is 5.97 Å². The second-order valence-corrected chi connectivity index (χ2v) is 9.72. The lowest BCUT2D eigenvalue weighted by atomic mass is 9.47. The van der Waals surface area contributed by atoms with Gasteiger partial charge in [0, 0.05) is 11.5 Å². The average Bonchev–Trinajstić information content (AvgIpc) is 3.22. The van der Waals surface area contributed by atoms with Crippen molar-refractivity contribution in [3.05, 3.63) is 23.8 Å². The number of esters is 1. The molecule has 3 fully saturated rings. The van der Waals surface area contributed by atoms with Crippen LogP contribution in [0.3, 0.4) is 0 Å². The van der Waals surface area contributed by atoms with E-state index in [1.54, 1.807) is 6.08 Å². The highest BCUT2D eigenvalue weighted by Gasteiger charge is 2.66. The minimum atomic E-state index is -0.340. The molecule has 1 heterocycles. The number of allylic oxidation sites excluding steroid dienone is 2. The first kappa shape index (κ1) is 17.5. The number of carbonyl (C=O) groups excluding carboxylic acids is 1. The lowest BCUT2D eigenvalue weighted by Gasteiger charge is -2.58. The molecule has 1 aliphatic heterocycles. The van der Waals surface area contributed by atoms with Gasteiger partial charge in [0.2, 0.25) is 0 Å². The van der Waals surface area contributed by atoms with Crippen LogP contribution in [0.5, 0.6) is 0 Å². The molecular formula is C23H31NO3. The van der Waals surface area contributed by atoms with Crippen LogP contribution in [-0.4, -0.2) is 22.5 Å². The van der Waals surface area contributed by atoms with Gasteiger partial charge in [-0.25, -0.2) is 4.79 Å². The van der Waals surface area contributed by atoms with Crippen LogP contribution in [0.15, 0.2) is 29.0 Å². The van der Waals surface area contributed by atoms with E-state index in [4.69, 9.17) is 4.74 Å². The maximum Gasteiger partial charge on any atom is 0.331 e. The van der Waals surface area contributed by atoms with Crippen LogP contribution in [-0.2, 0) is 9.53 Å². The smallest absolute Gasteiger partial charge is 0.331 e. The van der Waals surface area contributed by atoms with Crippen LogP contribution in [0.1, 0.15) is 65.2 Å². The predicted octanol–water partition coefficient (Wildman–Crippen LogP) is 4.88. The van der Waals surface area contributed by atoms with Crippen LogP contribution in [0, 0.1) is 35.0 Å². The Balaban J connectivity index is 1.51. The summed E-state index contributed by atoms with van der Waals surface area (Å²) in [7, 11) is 0. The minimum Gasteiger partial charge on any atom is -0.451 e. The molecule has 4 heteroatoms. The van der Waals surface area contributed by atoms with Crippen molar-refractivity contribution in [3.63, 3.8) is 0 Å². The lowest BCUT2D eigenvalue weighted by Crippen LogP contribution is -2.55. The molecule has 5 rings (SSSR count). The topological polar surface area (TPSA) is 58.9 Å². The molecule has 0 aromatic heterocycles. The van der Waals surface area contributed by atoms with Gasteiger partial charge in [0.1, 0.15) is 5.60 Å². The normalized spacial score (nSPS) is 49.6. The second-order valence-electron chi connectivity index (χ2n) is 9.72. The second kappa shape index (κ2) is 5.96. The summed E-state index contributed by atoms with van der Waals surface area (Å²) in [6.45, 7) is 4.73. The van der Waals surface area contributed by atoms with E-state index in [-0.39, 0.29) is 17.0 Å². The molecule has 5 aliphatic rings. The summed E-state index contributed by atoms with van der Waals surface area (Å²) < 4.78 is 6.02. The molecule has 146 valence electrons. The third kappa shape index (κ3) is 2.22. The van der Waals surface area contributed by atoms with Crippen LogP contribution in [0.25, 0.3) is 0 Å². The first-order valence-electron chi connectivity index (χ1n) is 10.9. The van der Waals surface area contributed by atoms with E-state index in [1.165, 1.54) is 24.8 Å². The van der Waals surface area contributed by atoms with Gasteiger partial charge in [-0.15, -0.1) is 0 Å². The van der Waals surface area contributed by atoms with Crippen molar-refractivity contribution in [1.82, 2.24) is 0 Å². The molecule has 1 spiro atoms. The third-order valence-electron chi connectivity index (χ3n) is 9.06. The average molecular weight is 370 g/mol. The van der Waals surface area contributed by atoms with Gasteiger partial charge in [-0.3, -0.25) is 0 Å². The van der Waals surface area contributed by atoms with Crippen molar-refractivity contribution in [2.75, 3.05) is 0 Å². The molecular weight excluding hydrogens is 338 g/mol. The Morgan fingerprint density at radius 3 is 2.85 bits per heavy atom. The number of rotatable bonds is 1. The molecule has 4 nitrogen and oxygen atoms in total. The molecule has 0 aromatic carbocycles. The van der Waals surface area contributed by atoms with Gasteiger partial charge in [-0.2, -0.15) is 0 Å². The third-order valence-corrected chi connectivity index (χ3v) is 9.06. The van der Waals surface area contributed by atoms with E-state index in [1.807, 2.05) is 0 Å². The van der Waals surface area contributed by atoms with Gasteiger partial charge in [-0.05, 0) is 93.1 Å². The van der Waals surface area contributed by atoms with Crippen molar-refractivity contribution >= 4 is 11.7 Å². The first-order valence-corrected chi connectivity index (χ1v) is 10.9. The number of hydrogen-bond acceptors (Lipinski definition) is 4. The summed E-state index contributed by atoms with van der Waals surface area (Å²) in [6.07, 6.45) is 14.8. The standard InChI is InChI=1S/C23H31NO3/c1-3-22-9-6-18-17-5-4-16(24-26)13-15(17)12-14(2)21(18)19(22)7-10-23(22)11-8-20(25)27-23/h8,11,13-14,17-19,21,26H,3-7,9-10,12H2,1-2H3/b24-16+/t14?,17-,18?,19?,21?,22-,23+/m0/s1. The van der Waals surface area contributed by atoms with E-state index in [9.17, 15) is 10.0 Å². The Labute approximate surface area is 161 Å². The van der Waals surface area contributed by atoms with Gasteiger partial charge in [-0.1, -0.05) is 24.6 Å². The van der Waals surface area contributed by atoms with Crippen LogP contribution in [0.4, 0.5) is 0 Å². The SMILES string of the molecule is CC[C@]12CCC3C(C(C)CC4=C/C(=N/O)CC[C@@H]43)C1CC[C@@]21C=CC(=O)O1. The van der Waals surface area contributed by atoms with Crippen molar-refractivity contribution in [2.24, 2.45) is 40.2 Å². The Morgan fingerprint density at radius 2 is 2.15 bits per heavy atom. The molecule has 0 radical (unpaired) electrons. The van der Waals surface area contributed by atoms with Crippen LogP contribution < -0.4 is 0 Å². The number of carbonyl (C=O) groups is 1. The molecule has 7 atom stereocenters. The number of fused-ring (bicyclic) bond motifs is 6. The first-order chi connectivity index (χ1) is 13.0. The maximum absolute atomic E-state index is 12.0. The summed E-state index contributed by atoms with van der Waals surface area (Å²) in [5, 5.41) is 12.7. The molecule has 27 heavy (non-hydrogen) atoms. The van der Waals surface area contributed by atoms with Gasteiger partial charge in [0.05, 0.1) is 5.71 Å². The molecule has 0 amide bonds. The summed E-state index contributed by atoms with van der Waals surface area (Å²) in [4.78, 5) is 12.0. The Bertz CT molecular complexity index is 753. The van der Waals surface area contributed by atoms with Gasteiger partial charge in [0.25, 0.3) is 0 Å². The number of oxime groups is 1. The van der Waals surface area contributed by atoms with Gasteiger partial charge in [0.15, 0.2) is 0 Å². The van der Waals surface area contributed by atoms with Crippen molar-refractivity contribution in [3.8, 4) is 0 Å². The zero-order valence-electron chi connectivity index (χ0n) is 16.5. The zero-order chi connectivity index (χ0) is 18.8. The highest BCUT2D eigenvalue weighted by molar-refractivity contribution is 5.96. The largest absolute Gasteiger partial charge is 0.451 e. The van der Waals surface area contributed by atoms with E-state index >= 15 is 0 Å². The van der Waals surface area contributed by atoms with E-state index in [0.29, 0.717) is 17.8 Å².